The van der Waals surface area contributed by atoms with E-state index in [2.05, 4.69) is 16.0 Å². The number of ketones is 1. The van der Waals surface area contributed by atoms with Crippen molar-refractivity contribution in [3.8, 4) is 0 Å². The molecule has 6 N–H and O–H groups in total. The molecule has 13 heteroatoms. The molecule has 208 valence electrons. The highest BCUT2D eigenvalue weighted by Crippen LogP contribution is 2.21. The van der Waals surface area contributed by atoms with Gasteiger partial charge < -0.3 is 31.7 Å². The summed E-state index contributed by atoms with van der Waals surface area (Å²) >= 11 is 0. The summed E-state index contributed by atoms with van der Waals surface area (Å²) in [6, 6.07) is -4.24. The molecule has 1 fully saturated rings. The normalized spacial score (nSPS) is 17.6. The first kappa shape index (κ1) is 31.5. The standard InChI is InChI=1S/C24H39N5O8/c1-12(2)11-16(24(36)37)27-22(34)17-7-6-10-29(17)23(35)19(13(3)4)28-21(33)15(26-14(5)30)8-9-18(31)20(25)32/h12-13,15-17,19H,6-11H2,1-5H3,(H2,25,32)(H,26,30)(H,27,34)(H,28,33)(H,36,37)/t15?,16?,17-,19?/m0/s1. The van der Waals surface area contributed by atoms with Gasteiger partial charge in [-0.1, -0.05) is 27.7 Å². The Labute approximate surface area is 216 Å². The second-order valence-electron chi connectivity index (χ2n) is 10.0. The molecule has 37 heavy (non-hydrogen) atoms. The first-order valence-corrected chi connectivity index (χ1v) is 12.4. The summed E-state index contributed by atoms with van der Waals surface area (Å²) in [6.07, 6.45) is 0.522. The van der Waals surface area contributed by atoms with Crippen LogP contribution in [0, 0.1) is 11.8 Å². The molecule has 1 heterocycles. The Morgan fingerprint density at radius 2 is 1.59 bits per heavy atom. The van der Waals surface area contributed by atoms with E-state index in [1.165, 1.54) is 11.8 Å². The van der Waals surface area contributed by atoms with Crippen molar-refractivity contribution in [1.29, 1.82) is 0 Å². The molecule has 0 radical (unpaired) electrons. The number of hydrogen-bond acceptors (Lipinski definition) is 7. The van der Waals surface area contributed by atoms with Gasteiger partial charge in [0.1, 0.15) is 24.2 Å². The second-order valence-corrected chi connectivity index (χ2v) is 10.0. The van der Waals surface area contributed by atoms with E-state index >= 15 is 0 Å². The van der Waals surface area contributed by atoms with E-state index in [4.69, 9.17) is 5.73 Å². The van der Waals surface area contributed by atoms with E-state index in [0.29, 0.717) is 12.8 Å². The van der Waals surface area contributed by atoms with Crippen LogP contribution in [0.15, 0.2) is 0 Å². The quantitative estimate of drug-likeness (QED) is 0.179. The van der Waals surface area contributed by atoms with Gasteiger partial charge in [0.05, 0.1) is 0 Å². The van der Waals surface area contributed by atoms with E-state index in [-0.39, 0.29) is 31.7 Å². The van der Waals surface area contributed by atoms with Gasteiger partial charge in [-0.2, -0.15) is 0 Å². The van der Waals surface area contributed by atoms with Gasteiger partial charge in [0, 0.05) is 19.9 Å². The van der Waals surface area contributed by atoms with Gasteiger partial charge in [-0.25, -0.2) is 4.79 Å². The molecular weight excluding hydrogens is 486 g/mol. The van der Waals surface area contributed by atoms with Gasteiger partial charge in [-0.15, -0.1) is 0 Å². The van der Waals surface area contributed by atoms with E-state index in [0.717, 1.165) is 0 Å². The number of nitrogens with zero attached hydrogens (tertiary/aromatic N) is 1. The largest absolute Gasteiger partial charge is 0.480 e. The van der Waals surface area contributed by atoms with Crippen LogP contribution in [0.3, 0.4) is 0 Å². The topological polar surface area (TPSA) is 205 Å². The van der Waals surface area contributed by atoms with Gasteiger partial charge in [0.15, 0.2) is 0 Å². The van der Waals surface area contributed by atoms with Gasteiger partial charge in [0.25, 0.3) is 5.91 Å². The first-order chi connectivity index (χ1) is 17.1. The van der Waals surface area contributed by atoms with Crippen LogP contribution in [0.5, 0.6) is 0 Å². The van der Waals surface area contributed by atoms with Crippen LogP contribution in [0.4, 0.5) is 0 Å². The number of nitrogens with one attached hydrogen (secondary N) is 3. The third-order valence-electron chi connectivity index (χ3n) is 6.02. The fourth-order valence-electron chi connectivity index (χ4n) is 4.12. The van der Waals surface area contributed by atoms with E-state index < -0.39 is 71.4 Å². The van der Waals surface area contributed by atoms with Crippen LogP contribution >= 0.6 is 0 Å². The van der Waals surface area contributed by atoms with Gasteiger partial charge >= 0.3 is 5.97 Å². The number of carboxylic acids is 1. The molecule has 0 aliphatic carbocycles. The van der Waals surface area contributed by atoms with Crippen LogP contribution in [-0.4, -0.2) is 82.0 Å². The molecule has 0 bridgehead atoms. The van der Waals surface area contributed by atoms with Crippen molar-refractivity contribution in [2.45, 2.75) is 90.9 Å². The van der Waals surface area contributed by atoms with Crippen LogP contribution in [0.2, 0.25) is 0 Å². The van der Waals surface area contributed by atoms with E-state index in [1.54, 1.807) is 13.8 Å². The van der Waals surface area contributed by atoms with Crippen molar-refractivity contribution in [3.05, 3.63) is 0 Å². The monoisotopic (exact) mass is 525 g/mol. The maximum atomic E-state index is 13.4. The summed E-state index contributed by atoms with van der Waals surface area (Å²) < 4.78 is 0. The highest BCUT2D eigenvalue weighted by atomic mass is 16.4. The number of carbonyl (C=O) groups excluding carboxylic acids is 6. The zero-order valence-electron chi connectivity index (χ0n) is 22.0. The molecule has 0 aromatic carbocycles. The summed E-state index contributed by atoms with van der Waals surface area (Å²) in [4.78, 5) is 86.5. The molecule has 0 aromatic heterocycles. The number of amides is 5. The minimum absolute atomic E-state index is 0.0260. The fraction of sp³-hybridized carbons (Fsp3) is 0.708. The highest BCUT2D eigenvalue weighted by Gasteiger charge is 2.40. The van der Waals surface area contributed by atoms with E-state index in [1.807, 2.05) is 13.8 Å². The van der Waals surface area contributed by atoms with Crippen LogP contribution in [0.25, 0.3) is 0 Å². The van der Waals surface area contributed by atoms with Crippen molar-refractivity contribution < 1.29 is 38.7 Å². The summed E-state index contributed by atoms with van der Waals surface area (Å²) in [6.45, 7) is 8.49. The summed E-state index contributed by atoms with van der Waals surface area (Å²) in [7, 11) is 0. The number of likely N-dealkylation sites (tertiary alicyclic amines) is 1. The smallest absolute Gasteiger partial charge is 0.326 e. The van der Waals surface area contributed by atoms with Crippen molar-refractivity contribution in [2.75, 3.05) is 6.54 Å². The number of hydrogen-bond donors (Lipinski definition) is 5. The van der Waals surface area contributed by atoms with E-state index in [9.17, 15) is 38.7 Å². The average molecular weight is 526 g/mol. The summed E-state index contributed by atoms with van der Waals surface area (Å²) in [5, 5.41) is 17.0. The number of nitrogens with two attached hydrogens (primary N) is 1. The highest BCUT2D eigenvalue weighted by molar-refractivity contribution is 6.35. The molecule has 4 atom stereocenters. The lowest BCUT2D eigenvalue weighted by molar-refractivity contribution is -0.145. The molecule has 1 aliphatic rings. The lowest BCUT2D eigenvalue weighted by atomic mass is 10.00. The van der Waals surface area contributed by atoms with Crippen LogP contribution < -0.4 is 21.7 Å². The maximum Gasteiger partial charge on any atom is 0.326 e. The maximum absolute atomic E-state index is 13.4. The Balaban J connectivity index is 3.02. The Kier molecular flexibility index (Phi) is 12.2. The number of rotatable bonds is 14. The van der Waals surface area contributed by atoms with Crippen LogP contribution in [0.1, 0.15) is 66.7 Å². The number of Topliss-reactive ketones (excluding diaryl/α,β-unsaturated/α-hetero) is 1. The average Bonchev–Trinajstić information content (AvgIpc) is 3.28. The van der Waals surface area contributed by atoms with Gasteiger partial charge in [-0.3, -0.25) is 28.8 Å². The molecular formula is C24H39N5O8. The number of carboxylic acid groups (broad SMARTS) is 1. The van der Waals surface area contributed by atoms with Crippen LogP contribution in [-0.2, 0) is 33.6 Å². The minimum Gasteiger partial charge on any atom is -0.480 e. The molecule has 1 rings (SSSR count). The molecule has 13 nitrogen and oxygen atoms in total. The molecule has 1 aliphatic heterocycles. The fourth-order valence-corrected chi connectivity index (χ4v) is 4.12. The molecule has 0 aromatic rings. The Morgan fingerprint density at radius 1 is 0.973 bits per heavy atom. The predicted octanol–water partition coefficient (Wildman–Crippen LogP) is -0.927. The summed E-state index contributed by atoms with van der Waals surface area (Å²) in [5.41, 5.74) is 4.95. The van der Waals surface area contributed by atoms with Gasteiger partial charge in [-0.05, 0) is 37.5 Å². The molecule has 0 spiro atoms. The molecule has 5 amide bonds. The zero-order chi connectivity index (χ0) is 28.4. The first-order valence-electron chi connectivity index (χ1n) is 12.4. The second kappa shape index (κ2) is 14.3. The number of carbonyl (C=O) groups is 7. The number of primary amides is 1. The van der Waals surface area contributed by atoms with Crippen molar-refractivity contribution in [1.82, 2.24) is 20.9 Å². The lowest BCUT2D eigenvalue weighted by Gasteiger charge is -2.32. The Morgan fingerprint density at radius 3 is 2.08 bits per heavy atom. The minimum atomic E-state index is -1.19. The Hall–Kier alpha value is -3.51. The van der Waals surface area contributed by atoms with Gasteiger partial charge in [0.2, 0.25) is 29.4 Å². The van der Waals surface area contributed by atoms with Crippen molar-refractivity contribution >= 4 is 41.3 Å². The SMILES string of the molecule is CC(=O)NC(CCC(=O)C(N)=O)C(=O)NC(C(=O)N1CCC[C@H]1C(=O)NC(CC(C)C)C(=O)O)C(C)C. The predicted molar refractivity (Wildman–Crippen MR) is 132 cm³/mol. The molecule has 0 saturated carbocycles. The molecule has 1 saturated heterocycles. The Bertz CT molecular complexity index is 904. The summed E-state index contributed by atoms with van der Waals surface area (Å²) in [5.74, 6) is -5.98. The lowest BCUT2D eigenvalue weighted by Crippen LogP contribution is -2.58. The zero-order valence-corrected chi connectivity index (χ0v) is 22.0. The van der Waals surface area contributed by atoms with Crippen molar-refractivity contribution in [2.24, 2.45) is 17.6 Å². The third kappa shape index (κ3) is 9.81. The molecule has 3 unspecified atom stereocenters. The third-order valence-corrected chi connectivity index (χ3v) is 6.02. The number of aliphatic carboxylic acids is 1. The van der Waals surface area contributed by atoms with Crippen molar-refractivity contribution in [3.63, 3.8) is 0 Å².